The molecule has 0 saturated carbocycles. The van der Waals surface area contributed by atoms with Crippen molar-refractivity contribution in [1.29, 1.82) is 5.26 Å². The first-order valence-electron chi connectivity index (χ1n) is 3.18. The Morgan fingerprint density at radius 2 is 2.33 bits per heavy atom. The van der Waals surface area contributed by atoms with E-state index in [1.165, 1.54) is 12.1 Å². The van der Waals surface area contributed by atoms with Crippen molar-refractivity contribution in [3.05, 3.63) is 29.6 Å². The van der Waals surface area contributed by atoms with E-state index in [1.54, 1.807) is 6.07 Å². The van der Waals surface area contributed by atoms with Crippen molar-refractivity contribution in [3.8, 4) is 6.07 Å². The number of halogens is 1. The summed E-state index contributed by atoms with van der Waals surface area (Å²) in [5.74, 6) is -0.635. The molecule has 0 saturated heterocycles. The monoisotopic (exact) mass is 164 g/mol. The van der Waals surface area contributed by atoms with Crippen molar-refractivity contribution < 1.29 is 9.18 Å². The molecule has 12 heavy (non-hydrogen) atoms. The Kier molecular flexibility index (Phi) is 2.38. The van der Waals surface area contributed by atoms with E-state index in [0.29, 0.717) is 12.1 Å². The number of benzene rings is 1. The van der Waals surface area contributed by atoms with Gasteiger partial charge in [-0.2, -0.15) is 5.26 Å². The minimum absolute atomic E-state index is 0.0357. The van der Waals surface area contributed by atoms with Crippen LogP contribution in [0.1, 0.15) is 5.56 Å². The van der Waals surface area contributed by atoms with E-state index in [1.807, 2.05) is 0 Å². The molecule has 0 unspecified atom stereocenters. The van der Waals surface area contributed by atoms with E-state index in [9.17, 15) is 9.18 Å². The lowest BCUT2D eigenvalue weighted by Gasteiger charge is -1.98. The number of nitrogens with one attached hydrogen (secondary N) is 1. The number of carbonyl (C=O) groups is 1. The van der Waals surface area contributed by atoms with Gasteiger partial charge in [0.15, 0.2) is 0 Å². The minimum atomic E-state index is -0.635. The van der Waals surface area contributed by atoms with Crippen LogP contribution >= 0.6 is 0 Å². The molecular formula is C8H5FN2O. The van der Waals surface area contributed by atoms with Crippen molar-refractivity contribution >= 4 is 12.1 Å². The second-order valence-electron chi connectivity index (χ2n) is 2.07. The normalized spacial score (nSPS) is 8.67. The summed E-state index contributed by atoms with van der Waals surface area (Å²) in [4.78, 5) is 9.94. The van der Waals surface area contributed by atoms with Crippen LogP contribution in [0.25, 0.3) is 0 Å². The molecule has 1 N–H and O–H groups in total. The van der Waals surface area contributed by atoms with Crippen LogP contribution in [0, 0.1) is 17.1 Å². The van der Waals surface area contributed by atoms with Gasteiger partial charge in [-0.05, 0) is 18.2 Å². The van der Waals surface area contributed by atoms with Gasteiger partial charge in [0, 0.05) is 5.69 Å². The molecule has 1 amide bonds. The highest BCUT2D eigenvalue weighted by molar-refractivity contribution is 5.71. The molecule has 0 bridgehead atoms. The van der Waals surface area contributed by atoms with Crippen LogP contribution < -0.4 is 5.32 Å². The molecule has 0 aliphatic carbocycles. The summed E-state index contributed by atoms with van der Waals surface area (Å²) in [6.07, 6.45) is 0.445. The lowest BCUT2D eigenvalue weighted by molar-refractivity contribution is -0.105. The van der Waals surface area contributed by atoms with Crippen LogP contribution in [-0.4, -0.2) is 6.41 Å². The summed E-state index contributed by atoms with van der Waals surface area (Å²) in [6.45, 7) is 0. The Hall–Kier alpha value is -1.89. The van der Waals surface area contributed by atoms with Gasteiger partial charge in [0.1, 0.15) is 11.9 Å². The van der Waals surface area contributed by atoms with Gasteiger partial charge in [0.25, 0.3) is 0 Å². The lowest BCUT2D eigenvalue weighted by atomic mass is 10.2. The average Bonchev–Trinajstić information content (AvgIpc) is 2.05. The van der Waals surface area contributed by atoms with E-state index in [2.05, 4.69) is 5.32 Å². The first-order chi connectivity index (χ1) is 5.77. The first kappa shape index (κ1) is 8.21. The number of amides is 1. The van der Waals surface area contributed by atoms with E-state index >= 15 is 0 Å². The molecule has 1 aromatic rings. The molecule has 3 nitrogen and oxygen atoms in total. The summed E-state index contributed by atoms with van der Waals surface area (Å²) in [5, 5.41) is 10.6. The van der Waals surface area contributed by atoms with Crippen molar-refractivity contribution in [1.82, 2.24) is 0 Å². The Labute approximate surface area is 68.4 Å². The van der Waals surface area contributed by atoms with Crippen LogP contribution in [0.4, 0.5) is 10.1 Å². The summed E-state index contributed by atoms with van der Waals surface area (Å²) in [6, 6.07) is 5.52. The highest BCUT2D eigenvalue weighted by atomic mass is 19.1. The van der Waals surface area contributed by atoms with Crippen molar-refractivity contribution in [2.45, 2.75) is 0 Å². The van der Waals surface area contributed by atoms with Crippen LogP contribution in [0.3, 0.4) is 0 Å². The fraction of sp³-hybridized carbons (Fsp3) is 0. The van der Waals surface area contributed by atoms with Gasteiger partial charge >= 0.3 is 0 Å². The zero-order chi connectivity index (χ0) is 8.97. The highest BCUT2D eigenvalue weighted by Gasteiger charge is 2.00. The molecule has 1 aromatic carbocycles. The number of hydrogen-bond acceptors (Lipinski definition) is 2. The molecule has 0 aromatic heterocycles. The number of anilines is 1. The number of hydrogen-bond donors (Lipinski definition) is 1. The van der Waals surface area contributed by atoms with Gasteiger partial charge in [-0.1, -0.05) is 0 Å². The lowest BCUT2D eigenvalue weighted by Crippen LogP contribution is -1.94. The van der Waals surface area contributed by atoms with Crippen molar-refractivity contribution in [2.24, 2.45) is 0 Å². The maximum absolute atomic E-state index is 12.8. The first-order valence-corrected chi connectivity index (χ1v) is 3.18. The Bertz CT molecular complexity index is 343. The zero-order valence-electron chi connectivity index (χ0n) is 6.04. The standard InChI is InChI=1S/C8H5FN2O/c9-8-3-7(11-5-12)2-1-6(8)4-10/h1-3,5H,(H,11,12). The van der Waals surface area contributed by atoms with Crippen LogP contribution in [0.2, 0.25) is 0 Å². The quantitative estimate of drug-likeness (QED) is 0.669. The van der Waals surface area contributed by atoms with Crippen LogP contribution in [-0.2, 0) is 4.79 Å². The molecule has 0 fully saturated rings. The predicted molar refractivity (Wildman–Crippen MR) is 40.8 cm³/mol. The Balaban J connectivity index is 3.03. The fourth-order valence-corrected chi connectivity index (χ4v) is 0.764. The third kappa shape index (κ3) is 1.58. The Morgan fingerprint density at radius 1 is 1.58 bits per heavy atom. The number of nitrogens with zero attached hydrogens (tertiary/aromatic N) is 1. The van der Waals surface area contributed by atoms with Gasteiger partial charge < -0.3 is 5.32 Å². The number of rotatable bonds is 2. The summed E-state index contributed by atoms with van der Waals surface area (Å²) < 4.78 is 12.8. The third-order valence-electron chi connectivity index (χ3n) is 1.32. The van der Waals surface area contributed by atoms with Crippen LogP contribution in [0.5, 0.6) is 0 Å². The molecule has 0 spiro atoms. The SMILES string of the molecule is N#Cc1ccc(NC=O)cc1F. The summed E-state index contributed by atoms with van der Waals surface area (Å²) >= 11 is 0. The molecule has 1 rings (SSSR count). The van der Waals surface area contributed by atoms with E-state index in [4.69, 9.17) is 5.26 Å². The molecule has 0 radical (unpaired) electrons. The van der Waals surface area contributed by atoms with E-state index < -0.39 is 5.82 Å². The maximum Gasteiger partial charge on any atom is 0.211 e. The van der Waals surface area contributed by atoms with Crippen LogP contribution in [0.15, 0.2) is 18.2 Å². The number of nitriles is 1. The largest absolute Gasteiger partial charge is 0.329 e. The van der Waals surface area contributed by atoms with Gasteiger partial charge in [-0.15, -0.1) is 0 Å². The summed E-state index contributed by atoms with van der Waals surface area (Å²) in [5.41, 5.74) is 0.299. The van der Waals surface area contributed by atoms with Gasteiger partial charge in [-0.3, -0.25) is 4.79 Å². The predicted octanol–water partition coefficient (Wildman–Crippen LogP) is 1.27. The van der Waals surface area contributed by atoms with E-state index in [0.717, 1.165) is 6.07 Å². The summed E-state index contributed by atoms with van der Waals surface area (Å²) in [7, 11) is 0. The maximum atomic E-state index is 12.8. The molecule has 0 heterocycles. The van der Waals surface area contributed by atoms with Gasteiger partial charge in [0.05, 0.1) is 5.56 Å². The average molecular weight is 164 g/mol. The molecule has 0 aliphatic rings. The highest BCUT2D eigenvalue weighted by Crippen LogP contribution is 2.12. The van der Waals surface area contributed by atoms with Gasteiger partial charge in [0.2, 0.25) is 6.41 Å². The third-order valence-corrected chi connectivity index (χ3v) is 1.32. The van der Waals surface area contributed by atoms with Crippen molar-refractivity contribution in [3.63, 3.8) is 0 Å². The molecule has 60 valence electrons. The topological polar surface area (TPSA) is 52.9 Å². The van der Waals surface area contributed by atoms with Gasteiger partial charge in [-0.25, -0.2) is 4.39 Å². The number of carbonyl (C=O) groups excluding carboxylic acids is 1. The second kappa shape index (κ2) is 3.49. The van der Waals surface area contributed by atoms with Crippen molar-refractivity contribution in [2.75, 3.05) is 5.32 Å². The molecular weight excluding hydrogens is 159 g/mol. The molecule has 0 aliphatic heterocycles. The molecule has 0 atom stereocenters. The molecule has 4 heteroatoms. The van der Waals surface area contributed by atoms with E-state index in [-0.39, 0.29) is 5.56 Å². The zero-order valence-corrected chi connectivity index (χ0v) is 6.04. The fourth-order valence-electron chi connectivity index (χ4n) is 0.764. The minimum Gasteiger partial charge on any atom is -0.329 e. The Morgan fingerprint density at radius 3 is 2.83 bits per heavy atom. The smallest absolute Gasteiger partial charge is 0.211 e. The second-order valence-corrected chi connectivity index (χ2v) is 2.07.